The molecule has 0 aromatic carbocycles. The van der Waals surface area contributed by atoms with Gasteiger partial charge in [0, 0.05) is 12.0 Å². The van der Waals surface area contributed by atoms with Crippen molar-refractivity contribution in [3.8, 4) is 6.07 Å². The summed E-state index contributed by atoms with van der Waals surface area (Å²) in [5.41, 5.74) is -1.13. The molecule has 74 valence electrons. The van der Waals surface area contributed by atoms with Crippen LogP contribution in [0.2, 0.25) is 0 Å². The van der Waals surface area contributed by atoms with E-state index in [4.69, 9.17) is 10.00 Å². The molecule has 1 aliphatic heterocycles. The average Bonchev–Trinajstić information content (AvgIpc) is 2.77. The summed E-state index contributed by atoms with van der Waals surface area (Å²) in [5, 5.41) is 12.1. The first-order valence-electron chi connectivity index (χ1n) is 4.77. The van der Waals surface area contributed by atoms with Crippen LogP contribution in [-0.2, 0) is 9.53 Å². The van der Waals surface area contributed by atoms with Crippen molar-refractivity contribution in [2.75, 3.05) is 6.61 Å². The van der Waals surface area contributed by atoms with Crippen molar-refractivity contribution in [3.05, 3.63) is 12.2 Å². The van der Waals surface area contributed by atoms with Crippen LogP contribution in [0.15, 0.2) is 12.2 Å². The molecule has 3 atom stereocenters. The molecule has 2 unspecified atom stereocenters. The topological polar surface area (TPSA) is 62.1 Å². The molecule has 0 spiro atoms. The van der Waals surface area contributed by atoms with Crippen molar-refractivity contribution >= 4 is 5.97 Å². The lowest BCUT2D eigenvalue weighted by atomic mass is 9.88. The summed E-state index contributed by atoms with van der Waals surface area (Å²) in [6.07, 6.45) is 4.76. The van der Waals surface area contributed by atoms with Gasteiger partial charge in [-0.15, -0.1) is 0 Å². The van der Waals surface area contributed by atoms with E-state index in [0.29, 0.717) is 6.61 Å². The molecule has 2 aliphatic rings. The summed E-state index contributed by atoms with van der Waals surface area (Å²) in [4.78, 5) is 11.6. The summed E-state index contributed by atoms with van der Waals surface area (Å²) in [6.45, 7) is 2.05. The number of nitrogens with zero attached hydrogens (tertiary/aromatic N) is 1. The molecule has 0 amide bonds. The van der Waals surface area contributed by atoms with Crippen LogP contribution in [0.1, 0.15) is 13.3 Å². The minimum absolute atomic E-state index is 0.0310. The SMILES string of the molecule is CCOC(=O)[C@@]1(C#N)NC2C=CC1C2. The van der Waals surface area contributed by atoms with Gasteiger partial charge in [-0.05, 0) is 13.3 Å². The van der Waals surface area contributed by atoms with Crippen LogP contribution in [0, 0.1) is 17.2 Å². The van der Waals surface area contributed by atoms with Gasteiger partial charge in [-0.2, -0.15) is 5.26 Å². The van der Waals surface area contributed by atoms with Crippen LogP contribution in [0.25, 0.3) is 0 Å². The van der Waals surface area contributed by atoms with Gasteiger partial charge in [0.05, 0.1) is 12.7 Å². The fourth-order valence-corrected chi connectivity index (χ4v) is 2.14. The molecule has 0 saturated carbocycles. The molecule has 1 aliphatic carbocycles. The second kappa shape index (κ2) is 3.10. The number of fused-ring (bicyclic) bond motifs is 2. The number of esters is 1. The van der Waals surface area contributed by atoms with E-state index < -0.39 is 11.5 Å². The quantitative estimate of drug-likeness (QED) is 0.507. The Morgan fingerprint density at radius 2 is 2.57 bits per heavy atom. The first kappa shape index (κ1) is 9.22. The highest BCUT2D eigenvalue weighted by atomic mass is 16.5. The van der Waals surface area contributed by atoms with Crippen LogP contribution < -0.4 is 5.32 Å². The molecule has 1 fully saturated rings. The molecule has 1 N–H and O–H groups in total. The molecule has 4 heteroatoms. The van der Waals surface area contributed by atoms with Crippen LogP contribution in [0.5, 0.6) is 0 Å². The summed E-state index contributed by atoms with van der Waals surface area (Å²) in [5.74, 6) is -0.476. The van der Waals surface area contributed by atoms with Gasteiger partial charge in [-0.25, -0.2) is 4.79 Å². The molecule has 4 nitrogen and oxygen atoms in total. The molecule has 1 saturated heterocycles. The lowest BCUT2D eigenvalue weighted by Gasteiger charge is -2.26. The Labute approximate surface area is 82.5 Å². The first-order valence-corrected chi connectivity index (χ1v) is 4.77. The van der Waals surface area contributed by atoms with Gasteiger partial charge in [0.25, 0.3) is 0 Å². The number of ether oxygens (including phenoxy) is 1. The fourth-order valence-electron chi connectivity index (χ4n) is 2.14. The summed E-state index contributed by atoms with van der Waals surface area (Å²) in [7, 11) is 0. The predicted molar refractivity (Wildman–Crippen MR) is 49.1 cm³/mol. The smallest absolute Gasteiger partial charge is 0.341 e. The molecule has 0 aromatic heterocycles. The molecule has 0 radical (unpaired) electrons. The Morgan fingerprint density at radius 3 is 3.00 bits per heavy atom. The zero-order valence-electron chi connectivity index (χ0n) is 7.99. The fraction of sp³-hybridized carbons (Fsp3) is 0.600. The number of nitriles is 1. The summed E-state index contributed by atoms with van der Waals surface area (Å²) in [6, 6.07) is 2.21. The highest BCUT2D eigenvalue weighted by Crippen LogP contribution is 2.37. The molecular formula is C10H12N2O2. The van der Waals surface area contributed by atoms with Crippen molar-refractivity contribution in [3.63, 3.8) is 0 Å². The third-order valence-corrected chi connectivity index (χ3v) is 2.83. The minimum Gasteiger partial charge on any atom is -0.464 e. The van der Waals surface area contributed by atoms with E-state index in [9.17, 15) is 4.79 Å². The van der Waals surface area contributed by atoms with E-state index in [2.05, 4.69) is 11.4 Å². The maximum Gasteiger partial charge on any atom is 0.341 e. The van der Waals surface area contributed by atoms with E-state index in [1.807, 2.05) is 12.2 Å². The Bertz CT molecular complexity index is 332. The highest BCUT2D eigenvalue weighted by Gasteiger charge is 2.55. The minimum atomic E-state index is -1.13. The van der Waals surface area contributed by atoms with Gasteiger partial charge in [0.2, 0.25) is 5.54 Å². The van der Waals surface area contributed by atoms with Gasteiger partial charge < -0.3 is 4.74 Å². The molecule has 2 rings (SSSR count). The molecule has 0 aromatic rings. The van der Waals surface area contributed by atoms with Gasteiger partial charge in [-0.1, -0.05) is 12.2 Å². The van der Waals surface area contributed by atoms with Crippen LogP contribution in [0.4, 0.5) is 0 Å². The second-order valence-electron chi connectivity index (χ2n) is 3.62. The molecule has 14 heavy (non-hydrogen) atoms. The standard InChI is InChI=1S/C10H12N2O2/c1-2-14-9(13)10(6-11)7-3-4-8(5-7)12-10/h3-4,7-8,12H,2,5H2,1H3/t7?,8?,10-/m0/s1. The third-order valence-electron chi connectivity index (χ3n) is 2.83. The number of rotatable bonds is 2. The van der Waals surface area contributed by atoms with Gasteiger partial charge in [0.15, 0.2) is 0 Å². The summed E-state index contributed by atoms with van der Waals surface area (Å²) < 4.78 is 4.91. The second-order valence-corrected chi connectivity index (χ2v) is 3.62. The number of carbonyl (C=O) groups is 1. The molecule has 2 bridgehead atoms. The van der Waals surface area contributed by atoms with E-state index in [1.165, 1.54) is 0 Å². The molecular weight excluding hydrogens is 180 g/mol. The maximum absolute atomic E-state index is 11.6. The Kier molecular flexibility index (Phi) is 2.05. The van der Waals surface area contributed by atoms with Crippen molar-refractivity contribution in [2.24, 2.45) is 5.92 Å². The Hall–Kier alpha value is -1.34. The molecule has 1 heterocycles. The van der Waals surface area contributed by atoms with E-state index in [1.54, 1.807) is 6.92 Å². The zero-order chi connectivity index (χ0) is 10.2. The largest absolute Gasteiger partial charge is 0.464 e. The van der Waals surface area contributed by atoms with Crippen LogP contribution in [0.3, 0.4) is 0 Å². The lowest BCUT2D eigenvalue weighted by Crippen LogP contribution is -2.54. The van der Waals surface area contributed by atoms with Crippen LogP contribution in [-0.4, -0.2) is 24.2 Å². The van der Waals surface area contributed by atoms with Gasteiger partial charge in [-0.3, -0.25) is 5.32 Å². The van der Waals surface area contributed by atoms with Crippen molar-refractivity contribution < 1.29 is 9.53 Å². The maximum atomic E-state index is 11.6. The van der Waals surface area contributed by atoms with Gasteiger partial charge >= 0.3 is 5.97 Å². The van der Waals surface area contributed by atoms with E-state index >= 15 is 0 Å². The van der Waals surface area contributed by atoms with E-state index in [0.717, 1.165) is 6.42 Å². The monoisotopic (exact) mass is 192 g/mol. The van der Waals surface area contributed by atoms with Crippen molar-refractivity contribution in [1.29, 1.82) is 5.26 Å². The lowest BCUT2D eigenvalue weighted by molar-refractivity contribution is -0.149. The number of hydrogen-bond donors (Lipinski definition) is 1. The first-order chi connectivity index (χ1) is 6.73. The van der Waals surface area contributed by atoms with Crippen molar-refractivity contribution in [1.82, 2.24) is 5.32 Å². The van der Waals surface area contributed by atoms with E-state index in [-0.39, 0.29) is 12.0 Å². The normalized spacial score (nSPS) is 38.3. The summed E-state index contributed by atoms with van der Waals surface area (Å²) >= 11 is 0. The number of hydrogen-bond acceptors (Lipinski definition) is 4. The van der Waals surface area contributed by atoms with Crippen LogP contribution >= 0.6 is 0 Å². The highest BCUT2D eigenvalue weighted by molar-refractivity contribution is 5.86. The average molecular weight is 192 g/mol. The zero-order valence-corrected chi connectivity index (χ0v) is 7.99. The number of carbonyl (C=O) groups excluding carboxylic acids is 1. The van der Waals surface area contributed by atoms with Crippen molar-refractivity contribution in [2.45, 2.75) is 24.9 Å². The number of nitrogens with one attached hydrogen (secondary N) is 1. The predicted octanol–water partition coefficient (Wildman–Crippen LogP) is 0.360. The van der Waals surface area contributed by atoms with Gasteiger partial charge in [0.1, 0.15) is 0 Å². The Balaban J connectivity index is 2.25. The Morgan fingerprint density at radius 1 is 1.79 bits per heavy atom. The third kappa shape index (κ3) is 1.06.